The molecule has 1 aliphatic heterocycles. The summed E-state index contributed by atoms with van der Waals surface area (Å²) in [6, 6.07) is 1.80. The van der Waals surface area contributed by atoms with E-state index in [1.54, 1.807) is 21.8 Å². The summed E-state index contributed by atoms with van der Waals surface area (Å²) < 4.78 is 3.47. The molecule has 3 aromatic heterocycles. The van der Waals surface area contributed by atoms with Crippen LogP contribution in [0.1, 0.15) is 30.5 Å². The van der Waals surface area contributed by atoms with Crippen molar-refractivity contribution in [3.8, 4) is 0 Å². The molecule has 8 heteroatoms. The van der Waals surface area contributed by atoms with Crippen molar-refractivity contribution in [3.05, 3.63) is 40.2 Å². The van der Waals surface area contributed by atoms with Gasteiger partial charge in [-0.25, -0.2) is 14.6 Å². The maximum Gasteiger partial charge on any atom is 0.267 e. The van der Waals surface area contributed by atoms with E-state index in [1.807, 2.05) is 13.2 Å². The second-order valence-corrected chi connectivity index (χ2v) is 7.62. The molecule has 3 aromatic rings. The van der Waals surface area contributed by atoms with Gasteiger partial charge in [-0.1, -0.05) is 0 Å². The van der Waals surface area contributed by atoms with Gasteiger partial charge in [0.1, 0.15) is 12.1 Å². The Bertz CT molecular complexity index is 1050. The molecule has 27 heavy (non-hydrogen) atoms. The Kier molecular flexibility index (Phi) is 3.91. The van der Waals surface area contributed by atoms with E-state index in [4.69, 9.17) is 0 Å². The Balaban J connectivity index is 1.30. The first-order chi connectivity index (χ1) is 13.2. The molecule has 140 valence electrons. The molecule has 0 unspecified atom stereocenters. The van der Waals surface area contributed by atoms with Crippen LogP contribution in [0.15, 0.2) is 23.4 Å². The first-order valence-electron chi connectivity index (χ1n) is 9.66. The molecule has 8 nitrogen and oxygen atoms in total. The third-order valence-corrected chi connectivity index (χ3v) is 5.88. The number of aromatic nitrogens is 6. The average Bonchev–Trinajstić information content (AvgIpc) is 3.29. The molecule has 0 bridgehead atoms. The summed E-state index contributed by atoms with van der Waals surface area (Å²) in [5.74, 6) is 1.43. The Morgan fingerprint density at radius 1 is 1.19 bits per heavy atom. The second-order valence-electron chi connectivity index (χ2n) is 7.62. The summed E-state index contributed by atoms with van der Waals surface area (Å²) in [6.07, 6.45) is 8.62. The lowest BCUT2D eigenvalue weighted by Crippen LogP contribution is -2.37. The molecule has 5 rings (SSSR count). The molecular weight excluding hydrogens is 342 g/mol. The lowest BCUT2D eigenvalue weighted by atomic mass is 9.96. The van der Waals surface area contributed by atoms with E-state index in [2.05, 4.69) is 25.1 Å². The third kappa shape index (κ3) is 2.89. The molecule has 0 amide bonds. The fourth-order valence-corrected chi connectivity index (χ4v) is 4.34. The SMILES string of the molecule is Cn1ncc2c(N3CCC(Cn4nc5c(cc4=O)CCC5)CC3)ncnc21. The molecular formula is C19H23N7O. The van der Waals surface area contributed by atoms with Crippen LogP contribution < -0.4 is 10.5 Å². The van der Waals surface area contributed by atoms with Crippen molar-refractivity contribution >= 4 is 16.9 Å². The van der Waals surface area contributed by atoms with Gasteiger partial charge in [0.05, 0.1) is 17.3 Å². The molecule has 0 spiro atoms. The van der Waals surface area contributed by atoms with E-state index in [0.717, 1.165) is 73.3 Å². The average molecular weight is 365 g/mol. The molecule has 0 saturated carbocycles. The Morgan fingerprint density at radius 2 is 2.04 bits per heavy atom. The number of piperidine rings is 1. The molecule has 0 N–H and O–H groups in total. The number of hydrogen-bond acceptors (Lipinski definition) is 6. The van der Waals surface area contributed by atoms with Gasteiger partial charge in [0.15, 0.2) is 5.65 Å². The van der Waals surface area contributed by atoms with Gasteiger partial charge in [-0.15, -0.1) is 0 Å². The minimum Gasteiger partial charge on any atom is -0.356 e. The zero-order chi connectivity index (χ0) is 18.4. The van der Waals surface area contributed by atoms with Crippen molar-refractivity contribution in [1.82, 2.24) is 29.5 Å². The van der Waals surface area contributed by atoms with E-state index < -0.39 is 0 Å². The van der Waals surface area contributed by atoms with Gasteiger partial charge < -0.3 is 4.90 Å². The standard InChI is InChI=1S/C19H23N7O/c1-24-18-15(10-22-24)19(21-12-20-18)25-7-5-13(6-8-25)11-26-17(27)9-14-3-2-4-16(14)23-26/h9-10,12-13H,2-8,11H2,1H3. The number of nitrogens with zero attached hydrogens (tertiary/aromatic N) is 7. The van der Waals surface area contributed by atoms with Gasteiger partial charge in [0.2, 0.25) is 0 Å². The van der Waals surface area contributed by atoms with E-state index in [1.165, 1.54) is 0 Å². The number of aryl methyl sites for hydroxylation is 3. The Hall–Kier alpha value is -2.77. The lowest BCUT2D eigenvalue weighted by molar-refractivity contribution is 0.333. The molecule has 2 aliphatic rings. The van der Waals surface area contributed by atoms with Gasteiger partial charge in [-0.3, -0.25) is 9.48 Å². The van der Waals surface area contributed by atoms with Gasteiger partial charge in [-0.2, -0.15) is 10.2 Å². The monoisotopic (exact) mass is 365 g/mol. The molecule has 0 aromatic carbocycles. The van der Waals surface area contributed by atoms with Crippen LogP contribution in [-0.4, -0.2) is 42.6 Å². The number of hydrogen-bond donors (Lipinski definition) is 0. The Labute approximate surface area is 156 Å². The van der Waals surface area contributed by atoms with Crippen LogP contribution in [0.3, 0.4) is 0 Å². The molecule has 1 fully saturated rings. The van der Waals surface area contributed by atoms with Gasteiger partial charge in [-0.05, 0) is 43.6 Å². The topological polar surface area (TPSA) is 81.7 Å². The summed E-state index contributed by atoms with van der Waals surface area (Å²) >= 11 is 0. The quantitative estimate of drug-likeness (QED) is 0.696. The van der Waals surface area contributed by atoms with Crippen molar-refractivity contribution in [1.29, 1.82) is 0 Å². The molecule has 4 heterocycles. The highest BCUT2D eigenvalue weighted by molar-refractivity contribution is 5.86. The van der Waals surface area contributed by atoms with E-state index >= 15 is 0 Å². The van der Waals surface area contributed by atoms with Gasteiger partial charge in [0.25, 0.3) is 5.56 Å². The van der Waals surface area contributed by atoms with E-state index in [0.29, 0.717) is 12.5 Å². The number of rotatable bonds is 3. The van der Waals surface area contributed by atoms with Gasteiger partial charge in [0, 0.05) is 32.7 Å². The van der Waals surface area contributed by atoms with Crippen LogP contribution in [-0.2, 0) is 26.4 Å². The number of fused-ring (bicyclic) bond motifs is 2. The highest BCUT2D eigenvalue weighted by Crippen LogP contribution is 2.27. The lowest BCUT2D eigenvalue weighted by Gasteiger charge is -2.33. The Morgan fingerprint density at radius 3 is 2.89 bits per heavy atom. The van der Waals surface area contributed by atoms with Crippen LogP contribution in [0.25, 0.3) is 11.0 Å². The highest BCUT2D eigenvalue weighted by Gasteiger charge is 2.24. The largest absolute Gasteiger partial charge is 0.356 e. The zero-order valence-corrected chi connectivity index (χ0v) is 15.5. The summed E-state index contributed by atoms with van der Waals surface area (Å²) in [5.41, 5.74) is 3.17. The third-order valence-electron chi connectivity index (χ3n) is 5.88. The highest BCUT2D eigenvalue weighted by atomic mass is 16.1. The fourth-order valence-electron chi connectivity index (χ4n) is 4.34. The second kappa shape index (κ2) is 6.44. The van der Waals surface area contributed by atoms with Crippen molar-refractivity contribution < 1.29 is 0 Å². The van der Waals surface area contributed by atoms with Crippen LogP contribution in [0.5, 0.6) is 0 Å². The van der Waals surface area contributed by atoms with Gasteiger partial charge >= 0.3 is 0 Å². The van der Waals surface area contributed by atoms with Crippen LogP contribution in [0, 0.1) is 5.92 Å². The van der Waals surface area contributed by atoms with Crippen LogP contribution >= 0.6 is 0 Å². The number of anilines is 1. The maximum absolute atomic E-state index is 12.4. The first-order valence-corrected chi connectivity index (χ1v) is 9.66. The normalized spacial score (nSPS) is 17.6. The molecule has 0 radical (unpaired) electrons. The fraction of sp³-hybridized carbons (Fsp3) is 0.526. The van der Waals surface area contributed by atoms with Crippen molar-refractivity contribution in [2.75, 3.05) is 18.0 Å². The van der Waals surface area contributed by atoms with Crippen LogP contribution in [0.4, 0.5) is 5.82 Å². The maximum atomic E-state index is 12.4. The summed E-state index contributed by atoms with van der Waals surface area (Å²) in [5, 5.41) is 9.92. The molecule has 1 aliphatic carbocycles. The smallest absolute Gasteiger partial charge is 0.267 e. The summed E-state index contributed by atoms with van der Waals surface area (Å²) in [7, 11) is 1.90. The summed E-state index contributed by atoms with van der Waals surface area (Å²) in [4.78, 5) is 23.5. The minimum absolute atomic E-state index is 0.0472. The zero-order valence-electron chi connectivity index (χ0n) is 15.5. The predicted molar refractivity (Wildman–Crippen MR) is 102 cm³/mol. The van der Waals surface area contributed by atoms with Crippen LogP contribution in [0.2, 0.25) is 0 Å². The van der Waals surface area contributed by atoms with Crippen molar-refractivity contribution in [2.24, 2.45) is 13.0 Å². The molecule has 0 atom stereocenters. The minimum atomic E-state index is 0.0472. The predicted octanol–water partition coefficient (Wildman–Crippen LogP) is 1.33. The molecule has 1 saturated heterocycles. The van der Waals surface area contributed by atoms with E-state index in [-0.39, 0.29) is 5.56 Å². The van der Waals surface area contributed by atoms with E-state index in [9.17, 15) is 4.79 Å². The van der Waals surface area contributed by atoms with Crippen molar-refractivity contribution in [3.63, 3.8) is 0 Å². The summed E-state index contributed by atoms with van der Waals surface area (Å²) in [6.45, 7) is 2.56. The first kappa shape index (κ1) is 16.4. The van der Waals surface area contributed by atoms with Crippen molar-refractivity contribution in [2.45, 2.75) is 38.6 Å².